The van der Waals surface area contributed by atoms with Crippen molar-refractivity contribution >= 4 is 8.60 Å². The molecule has 0 aromatic carbocycles. The SMILES string of the molecule is C#CCCCCOP(O)OC. The van der Waals surface area contributed by atoms with Crippen molar-refractivity contribution in [3.63, 3.8) is 0 Å². The molecule has 1 unspecified atom stereocenters. The Kier molecular flexibility index (Phi) is 7.88. The molecule has 0 heterocycles. The summed E-state index contributed by atoms with van der Waals surface area (Å²) in [6.07, 6.45) is 7.60. The summed E-state index contributed by atoms with van der Waals surface area (Å²) in [5.41, 5.74) is 0. The van der Waals surface area contributed by atoms with Crippen LogP contribution in [-0.2, 0) is 9.05 Å². The normalized spacial score (nSPS) is 12.5. The van der Waals surface area contributed by atoms with Crippen molar-refractivity contribution in [2.75, 3.05) is 13.7 Å². The summed E-state index contributed by atoms with van der Waals surface area (Å²) in [6, 6.07) is 0. The molecule has 0 rings (SSSR count). The average Bonchev–Trinajstić information content (AvgIpc) is 2.04. The molecule has 0 amide bonds. The van der Waals surface area contributed by atoms with Gasteiger partial charge < -0.3 is 13.9 Å². The molecular formula is C7H13O3P. The van der Waals surface area contributed by atoms with Gasteiger partial charge in [0.25, 0.3) is 0 Å². The molecule has 64 valence electrons. The quantitative estimate of drug-likeness (QED) is 0.380. The summed E-state index contributed by atoms with van der Waals surface area (Å²) in [5.74, 6) is 2.53. The molecule has 0 saturated carbocycles. The van der Waals surface area contributed by atoms with E-state index in [0.717, 1.165) is 19.3 Å². The molecule has 1 N–H and O–H groups in total. The van der Waals surface area contributed by atoms with Crippen molar-refractivity contribution < 1.29 is 13.9 Å². The van der Waals surface area contributed by atoms with Crippen LogP contribution in [0.25, 0.3) is 0 Å². The summed E-state index contributed by atoms with van der Waals surface area (Å²) in [6.45, 7) is 0.512. The van der Waals surface area contributed by atoms with Crippen LogP contribution >= 0.6 is 8.60 Å². The van der Waals surface area contributed by atoms with E-state index in [1.54, 1.807) is 0 Å². The Labute approximate surface area is 68.7 Å². The average molecular weight is 176 g/mol. The molecular weight excluding hydrogens is 163 g/mol. The second-order valence-electron chi connectivity index (χ2n) is 1.91. The van der Waals surface area contributed by atoms with Gasteiger partial charge in [-0.25, -0.2) is 0 Å². The maximum absolute atomic E-state index is 8.79. The van der Waals surface area contributed by atoms with E-state index >= 15 is 0 Å². The van der Waals surface area contributed by atoms with E-state index in [0.29, 0.717) is 6.61 Å². The zero-order chi connectivity index (χ0) is 8.53. The van der Waals surface area contributed by atoms with Gasteiger partial charge >= 0.3 is 8.60 Å². The van der Waals surface area contributed by atoms with Crippen molar-refractivity contribution in [3.05, 3.63) is 0 Å². The Morgan fingerprint density at radius 3 is 2.82 bits per heavy atom. The summed E-state index contributed by atoms with van der Waals surface area (Å²) in [5, 5.41) is 0. The second-order valence-corrected chi connectivity index (χ2v) is 3.01. The molecule has 0 radical (unpaired) electrons. The summed E-state index contributed by atoms with van der Waals surface area (Å²) in [4.78, 5) is 8.79. The number of unbranched alkanes of at least 4 members (excludes halogenated alkanes) is 2. The van der Waals surface area contributed by atoms with Gasteiger partial charge in [-0.1, -0.05) is 0 Å². The number of rotatable bonds is 6. The minimum absolute atomic E-state index is 0.512. The smallest absolute Gasteiger partial charge is 0.328 e. The molecule has 0 spiro atoms. The molecule has 4 heteroatoms. The summed E-state index contributed by atoms with van der Waals surface area (Å²) >= 11 is 0. The third-order valence-electron chi connectivity index (χ3n) is 1.07. The van der Waals surface area contributed by atoms with E-state index in [4.69, 9.17) is 15.8 Å². The fourth-order valence-electron chi connectivity index (χ4n) is 0.524. The van der Waals surface area contributed by atoms with Gasteiger partial charge in [0.1, 0.15) is 0 Å². The highest BCUT2D eigenvalue weighted by molar-refractivity contribution is 7.40. The molecule has 1 atom stereocenters. The van der Waals surface area contributed by atoms with E-state index in [1.807, 2.05) is 0 Å². The maximum Gasteiger partial charge on any atom is 0.329 e. The van der Waals surface area contributed by atoms with Gasteiger partial charge in [0.15, 0.2) is 0 Å². The third kappa shape index (κ3) is 7.77. The Balaban J connectivity index is 2.97. The molecule has 0 aliphatic rings. The van der Waals surface area contributed by atoms with E-state index in [-0.39, 0.29) is 0 Å². The lowest BCUT2D eigenvalue weighted by atomic mass is 10.2. The molecule has 0 aromatic heterocycles. The fourth-order valence-corrected chi connectivity index (χ4v) is 0.915. The number of terminal acetylenes is 1. The predicted molar refractivity (Wildman–Crippen MR) is 44.8 cm³/mol. The van der Waals surface area contributed by atoms with E-state index < -0.39 is 8.60 Å². The molecule has 11 heavy (non-hydrogen) atoms. The predicted octanol–water partition coefficient (Wildman–Crippen LogP) is 1.67. The van der Waals surface area contributed by atoms with Crippen LogP contribution in [0, 0.1) is 12.3 Å². The Morgan fingerprint density at radius 2 is 2.27 bits per heavy atom. The highest BCUT2D eigenvalue weighted by Crippen LogP contribution is 2.30. The topological polar surface area (TPSA) is 38.7 Å². The lowest BCUT2D eigenvalue weighted by Crippen LogP contribution is -1.90. The van der Waals surface area contributed by atoms with Crippen LogP contribution in [0.4, 0.5) is 0 Å². The van der Waals surface area contributed by atoms with Crippen LogP contribution in [0.5, 0.6) is 0 Å². The van der Waals surface area contributed by atoms with Gasteiger partial charge in [-0.2, -0.15) is 0 Å². The minimum Gasteiger partial charge on any atom is -0.328 e. The van der Waals surface area contributed by atoms with Crippen LogP contribution in [-0.4, -0.2) is 18.6 Å². The Hall–Kier alpha value is -0.130. The van der Waals surface area contributed by atoms with Crippen LogP contribution in [0.1, 0.15) is 19.3 Å². The lowest BCUT2D eigenvalue weighted by molar-refractivity contribution is 0.225. The molecule has 0 fully saturated rings. The maximum atomic E-state index is 8.79. The van der Waals surface area contributed by atoms with E-state index in [2.05, 4.69) is 10.4 Å². The van der Waals surface area contributed by atoms with Gasteiger partial charge in [0, 0.05) is 13.5 Å². The Morgan fingerprint density at radius 1 is 1.55 bits per heavy atom. The second kappa shape index (κ2) is 7.97. The zero-order valence-electron chi connectivity index (χ0n) is 6.62. The van der Waals surface area contributed by atoms with Crippen LogP contribution in [0.2, 0.25) is 0 Å². The monoisotopic (exact) mass is 176 g/mol. The molecule has 0 aromatic rings. The van der Waals surface area contributed by atoms with Crippen molar-refractivity contribution in [2.24, 2.45) is 0 Å². The van der Waals surface area contributed by atoms with Gasteiger partial charge in [-0.15, -0.1) is 12.3 Å². The van der Waals surface area contributed by atoms with E-state index in [9.17, 15) is 0 Å². The van der Waals surface area contributed by atoms with Crippen molar-refractivity contribution in [1.82, 2.24) is 0 Å². The largest absolute Gasteiger partial charge is 0.329 e. The van der Waals surface area contributed by atoms with Crippen molar-refractivity contribution in [2.45, 2.75) is 19.3 Å². The highest BCUT2D eigenvalue weighted by atomic mass is 31.2. The number of hydrogen-bond donors (Lipinski definition) is 1. The van der Waals surface area contributed by atoms with Gasteiger partial charge in [0.2, 0.25) is 0 Å². The van der Waals surface area contributed by atoms with Crippen molar-refractivity contribution in [3.8, 4) is 12.3 Å². The standard InChI is InChI=1S/C7H13O3P/c1-3-4-5-6-7-10-11(8)9-2/h1,8H,4-7H2,2H3. The lowest BCUT2D eigenvalue weighted by Gasteiger charge is -2.05. The van der Waals surface area contributed by atoms with Crippen LogP contribution in [0.15, 0.2) is 0 Å². The Bertz CT molecular complexity index is 121. The van der Waals surface area contributed by atoms with Crippen molar-refractivity contribution in [1.29, 1.82) is 0 Å². The molecule has 3 nitrogen and oxygen atoms in total. The highest BCUT2D eigenvalue weighted by Gasteiger charge is 2.00. The van der Waals surface area contributed by atoms with E-state index in [1.165, 1.54) is 7.11 Å². The zero-order valence-corrected chi connectivity index (χ0v) is 7.51. The summed E-state index contributed by atoms with van der Waals surface area (Å²) < 4.78 is 9.38. The summed E-state index contributed by atoms with van der Waals surface area (Å²) in [7, 11) is -0.241. The first-order valence-corrected chi connectivity index (χ1v) is 4.53. The van der Waals surface area contributed by atoms with Gasteiger partial charge in [0.05, 0.1) is 6.61 Å². The van der Waals surface area contributed by atoms with Crippen LogP contribution < -0.4 is 0 Å². The molecule has 0 bridgehead atoms. The van der Waals surface area contributed by atoms with Crippen LogP contribution in [0.3, 0.4) is 0 Å². The first kappa shape index (κ1) is 10.9. The van der Waals surface area contributed by atoms with Gasteiger partial charge in [-0.05, 0) is 12.8 Å². The molecule has 0 aliphatic carbocycles. The first-order valence-electron chi connectivity index (χ1n) is 3.40. The molecule has 0 saturated heterocycles. The first-order chi connectivity index (χ1) is 5.31. The fraction of sp³-hybridized carbons (Fsp3) is 0.714. The number of hydrogen-bond acceptors (Lipinski definition) is 3. The van der Waals surface area contributed by atoms with Gasteiger partial charge in [-0.3, -0.25) is 0 Å². The third-order valence-corrected chi connectivity index (χ3v) is 1.79. The minimum atomic E-state index is -1.65. The molecule has 0 aliphatic heterocycles.